The maximum absolute atomic E-state index is 12.5. The molecule has 0 fully saturated rings. The number of amides is 2. The summed E-state index contributed by atoms with van der Waals surface area (Å²) in [5.41, 5.74) is 3.37. The first-order chi connectivity index (χ1) is 11.5. The predicted molar refractivity (Wildman–Crippen MR) is 97.5 cm³/mol. The topological polar surface area (TPSA) is 58.2 Å². The first kappa shape index (κ1) is 15.1. The minimum absolute atomic E-state index is 0.279. The number of carbonyl (C=O) groups excluding carboxylic acids is 2. The fraction of sp³-hybridized carbons (Fsp3) is 0. The molecule has 2 aliphatic heterocycles. The van der Waals surface area contributed by atoms with Crippen molar-refractivity contribution in [2.24, 2.45) is 0 Å². The number of thiol groups is 2. The van der Waals surface area contributed by atoms with E-state index in [0.717, 1.165) is 20.9 Å². The number of rotatable bonds is 2. The molecule has 0 atom stereocenters. The van der Waals surface area contributed by atoms with Gasteiger partial charge in [-0.2, -0.15) is 0 Å². The molecule has 0 aromatic heterocycles. The van der Waals surface area contributed by atoms with Crippen molar-refractivity contribution in [3.05, 3.63) is 70.8 Å². The van der Waals surface area contributed by atoms with Crippen molar-refractivity contribution in [2.45, 2.75) is 9.79 Å². The summed E-state index contributed by atoms with van der Waals surface area (Å²) in [7, 11) is 0. The Morgan fingerprint density at radius 2 is 0.917 bits per heavy atom. The van der Waals surface area contributed by atoms with Gasteiger partial charge >= 0.3 is 0 Å². The zero-order chi connectivity index (χ0) is 16.8. The van der Waals surface area contributed by atoms with Gasteiger partial charge in [0.2, 0.25) is 0 Å². The number of carbonyl (C=O) groups is 2. The van der Waals surface area contributed by atoms with E-state index in [1.807, 2.05) is 48.5 Å². The Bertz CT molecular complexity index is 862. The first-order valence-electron chi connectivity index (χ1n) is 7.25. The third-order valence-corrected chi connectivity index (χ3v) is 4.59. The second-order valence-corrected chi connectivity index (χ2v) is 6.53. The lowest BCUT2D eigenvalue weighted by molar-refractivity contribution is -0.117. The van der Waals surface area contributed by atoms with E-state index in [0.29, 0.717) is 22.5 Å². The molecule has 2 aliphatic rings. The molecule has 0 bridgehead atoms. The van der Waals surface area contributed by atoms with Crippen molar-refractivity contribution >= 4 is 48.5 Å². The highest BCUT2D eigenvalue weighted by atomic mass is 32.1. The van der Waals surface area contributed by atoms with E-state index in [9.17, 15) is 9.59 Å². The van der Waals surface area contributed by atoms with Crippen LogP contribution in [0.25, 0.3) is 11.4 Å². The quantitative estimate of drug-likeness (QED) is 0.628. The highest BCUT2D eigenvalue weighted by Crippen LogP contribution is 2.37. The van der Waals surface area contributed by atoms with Crippen LogP contribution in [0.1, 0.15) is 11.1 Å². The van der Waals surface area contributed by atoms with Crippen LogP contribution in [0, 0.1) is 0 Å². The molecule has 2 aromatic rings. The summed E-state index contributed by atoms with van der Waals surface area (Å²) in [4.78, 5) is 26.6. The van der Waals surface area contributed by atoms with Crippen LogP contribution in [0.2, 0.25) is 0 Å². The maximum atomic E-state index is 12.5. The van der Waals surface area contributed by atoms with Gasteiger partial charge in [-0.25, -0.2) is 0 Å². The Morgan fingerprint density at radius 1 is 0.583 bits per heavy atom. The molecule has 2 aromatic carbocycles. The molecule has 0 spiro atoms. The summed E-state index contributed by atoms with van der Waals surface area (Å²) in [5.74, 6) is -0.559. The number of fused-ring (bicyclic) bond motifs is 1. The van der Waals surface area contributed by atoms with Crippen molar-refractivity contribution in [3.63, 3.8) is 0 Å². The summed E-state index contributed by atoms with van der Waals surface area (Å²) in [6.07, 6.45) is 0. The fourth-order valence-electron chi connectivity index (χ4n) is 2.87. The molecule has 2 amide bonds. The van der Waals surface area contributed by atoms with E-state index in [-0.39, 0.29) is 11.8 Å². The molecule has 2 N–H and O–H groups in total. The molecule has 6 heteroatoms. The second-order valence-electron chi connectivity index (χ2n) is 5.50. The zero-order valence-corrected chi connectivity index (χ0v) is 14.1. The van der Waals surface area contributed by atoms with Gasteiger partial charge < -0.3 is 10.6 Å². The minimum Gasteiger partial charge on any atom is -0.321 e. The van der Waals surface area contributed by atoms with Gasteiger partial charge in [-0.15, -0.1) is 25.3 Å². The standard InChI is InChI=1S/C18H12N2O2S2/c21-17-13-14(16(20-17)10-3-7-12(24)8-4-10)18(22)19-15(13)9-1-5-11(23)6-2-9/h1-8,23-24H,(H,19,22)(H,20,21). The molecule has 0 unspecified atom stereocenters. The summed E-state index contributed by atoms with van der Waals surface area (Å²) in [6, 6.07) is 14.6. The van der Waals surface area contributed by atoms with Crippen molar-refractivity contribution in [2.75, 3.05) is 0 Å². The lowest BCUT2D eigenvalue weighted by Crippen LogP contribution is -2.21. The average molecular weight is 352 g/mol. The molecule has 0 radical (unpaired) electrons. The van der Waals surface area contributed by atoms with Crippen molar-refractivity contribution in [1.82, 2.24) is 10.6 Å². The van der Waals surface area contributed by atoms with Crippen molar-refractivity contribution < 1.29 is 9.59 Å². The minimum atomic E-state index is -0.279. The molecular weight excluding hydrogens is 340 g/mol. The Labute approximate surface area is 149 Å². The van der Waals surface area contributed by atoms with Crippen LogP contribution >= 0.6 is 25.3 Å². The fourth-order valence-corrected chi connectivity index (χ4v) is 3.17. The molecule has 0 saturated carbocycles. The van der Waals surface area contributed by atoms with Gasteiger partial charge in [0.1, 0.15) is 0 Å². The van der Waals surface area contributed by atoms with Crippen molar-refractivity contribution in [1.29, 1.82) is 0 Å². The van der Waals surface area contributed by atoms with E-state index in [1.165, 1.54) is 0 Å². The third kappa shape index (κ3) is 2.35. The zero-order valence-electron chi connectivity index (χ0n) is 12.3. The molecule has 2 heterocycles. The number of hydrogen-bond donors (Lipinski definition) is 4. The van der Waals surface area contributed by atoms with E-state index < -0.39 is 0 Å². The molecule has 0 saturated heterocycles. The summed E-state index contributed by atoms with van der Waals surface area (Å²) in [5, 5.41) is 5.63. The second kappa shape index (κ2) is 5.58. The average Bonchev–Trinajstić information content (AvgIpc) is 3.08. The number of benzene rings is 2. The van der Waals surface area contributed by atoms with Gasteiger partial charge in [-0.1, -0.05) is 24.3 Å². The summed E-state index contributed by atoms with van der Waals surface area (Å²) < 4.78 is 0. The molecule has 24 heavy (non-hydrogen) atoms. The first-order valence-corrected chi connectivity index (χ1v) is 8.14. The molecular formula is C18H12N2O2S2. The Balaban J connectivity index is 1.88. The van der Waals surface area contributed by atoms with Crippen LogP contribution < -0.4 is 10.6 Å². The Kier molecular flexibility index (Phi) is 3.51. The SMILES string of the molecule is O=C1NC(c2ccc(S)cc2)=C2C(=O)NC(c3ccc(S)cc3)=C12. The lowest BCUT2D eigenvalue weighted by atomic mass is 10.0. The van der Waals surface area contributed by atoms with E-state index in [4.69, 9.17) is 0 Å². The number of hydrogen-bond acceptors (Lipinski definition) is 4. The van der Waals surface area contributed by atoms with Gasteiger partial charge in [-0.05, 0) is 35.4 Å². The van der Waals surface area contributed by atoms with Crippen LogP contribution in [0.5, 0.6) is 0 Å². The monoisotopic (exact) mass is 352 g/mol. The molecule has 4 nitrogen and oxygen atoms in total. The summed E-state index contributed by atoms with van der Waals surface area (Å²) in [6.45, 7) is 0. The van der Waals surface area contributed by atoms with E-state index in [1.54, 1.807) is 0 Å². The smallest absolute Gasteiger partial charge is 0.258 e. The Morgan fingerprint density at radius 3 is 1.25 bits per heavy atom. The lowest BCUT2D eigenvalue weighted by Gasteiger charge is -2.07. The van der Waals surface area contributed by atoms with Crippen LogP contribution in [0.3, 0.4) is 0 Å². The normalized spacial score (nSPS) is 16.4. The largest absolute Gasteiger partial charge is 0.321 e. The molecule has 118 valence electrons. The van der Waals surface area contributed by atoms with Crippen LogP contribution in [0.15, 0.2) is 69.5 Å². The van der Waals surface area contributed by atoms with E-state index >= 15 is 0 Å². The molecule has 4 rings (SSSR count). The van der Waals surface area contributed by atoms with Crippen LogP contribution in [0.4, 0.5) is 0 Å². The van der Waals surface area contributed by atoms with Gasteiger partial charge in [0, 0.05) is 9.79 Å². The highest BCUT2D eigenvalue weighted by Gasteiger charge is 2.40. The highest BCUT2D eigenvalue weighted by molar-refractivity contribution is 7.80. The third-order valence-electron chi connectivity index (χ3n) is 3.99. The van der Waals surface area contributed by atoms with Gasteiger partial charge in [0.25, 0.3) is 11.8 Å². The predicted octanol–water partition coefficient (Wildman–Crippen LogP) is 2.65. The van der Waals surface area contributed by atoms with Crippen molar-refractivity contribution in [3.8, 4) is 0 Å². The van der Waals surface area contributed by atoms with Crippen LogP contribution in [-0.2, 0) is 9.59 Å². The number of nitrogens with one attached hydrogen (secondary N) is 2. The van der Waals surface area contributed by atoms with E-state index in [2.05, 4.69) is 35.9 Å². The molecule has 0 aliphatic carbocycles. The summed E-state index contributed by atoms with van der Waals surface area (Å²) >= 11 is 8.51. The van der Waals surface area contributed by atoms with Crippen LogP contribution in [-0.4, -0.2) is 11.8 Å². The maximum Gasteiger partial charge on any atom is 0.258 e. The van der Waals surface area contributed by atoms with Gasteiger partial charge in [-0.3, -0.25) is 9.59 Å². The Hall–Kier alpha value is -2.44. The van der Waals surface area contributed by atoms with Gasteiger partial charge in [0.05, 0.1) is 22.5 Å². The van der Waals surface area contributed by atoms with Gasteiger partial charge in [0.15, 0.2) is 0 Å².